The second-order valence-corrected chi connectivity index (χ2v) is 12.1. The molecule has 1 aromatic carbocycles. The maximum absolute atomic E-state index is 14.4. The summed E-state index contributed by atoms with van der Waals surface area (Å²) >= 11 is 1.61. The number of ether oxygens (including phenoxy) is 1. The van der Waals surface area contributed by atoms with Crippen LogP contribution < -0.4 is 0 Å². The van der Waals surface area contributed by atoms with Crippen molar-refractivity contribution in [2.75, 3.05) is 19.8 Å². The first-order valence-corrected chi connectivity index (χ1v) is 14.0. The lowest BCUT2D eigenvalue weighted by atomic mass is 9.71. The van der Waals surface area contributed by atoms with E-state index in [0.29, 0.717) is 25.9 Å². The molecular formula is C29H38N2O5S. The molecule has 8 heteroatoms. The fraction of sp³-hybridized carbons (Fsp3) is 0.552. The van der Waals surface area contributed by atoms with Gasteiger partial charge in [-0.2, -0.15) is 0 Å². The van der Waals surface area contributed by atoms with Crippen LogP contribution in [0, 0.1) is 17.8 Å². The van der Waals surface area contributed by atoms with Crippen LogP contribution in [0.4, 0.5) is 0 Å². The Bertz CT molecular complexity index is 1030. The average Bonchev–Trinajstić information content (AvgIpc) is 3.52. The van der Waals surface area contributed by atoms with Crippen molar-refractivity contribution >= 4 is 29.5 Å². The number of likely N-dealkylation sites (tertiary alicyclic amines) is 1. The summed E-state index contributed by atoms with van der Waals surface area (Å²) in [6.45, 7) is 12.1. The van der Waals surface area contributed by atoms with Crippen molar-refractivity contribution in [3.63, 3.8) is 0 Å². The van der Waals surface area contributed by atoms with Crippen LogP contribution in [0.2, 0.25) is 0 Å². The number of fused-ring (bicyclic) bond motifs is 1. The molecule has 0 saturated carbocycles. The SMILES string of the molecule is C=CCCOC(=O)[C@@H]1[C@H]2C(=O)N([C@@H](CO)C(C)C)C(C(=O)N(CC=C)Cc3ccccc3)C23CC[C@H]1S3. The zero-order chi connectivity index (χ0) is 26.7. The average molecular weight is 527 g/mol. The molecule has 0 radical (unpaired) electrons. The predicted octanol–water partition coefficient (Wildman–Crippen LogP) is 3.43. The Hall–Kier alpha value is -2.58. The summed E-state index contributed by atoms with van der Waals surface area (Å²) in [5.41, 5.74) is 0.984. The molecule has 6 atom stereocenters. The summed E-state index contributed by atoms with van der Waals surface area (Å²) in [5, 5.41) is 10.3. The lowest BCUT2D eigenvalue weighted by Crippen LogP contribution is -2.58. The molecule has 1 aromatic rings. The van der Waals surface area contributed by atoms with Crippen LogP contribution >= 0.6 is 11.8 Å². The number of esters is 1. The normalized spacial score (nSPS) is 28.8. The van der Waals surface area contributed by atoms with Gasteiger partial charge >= 0.3 is 5.97 Å². The third kappa shape index (κ3) is 4.86. The quantitative estimate of drug-likeness (QED) is 0.255. The molecule has 2 unspecified atom stereocenters. The van der Waals surface area contributed by atoms with Gasteiger partial charge < -0.3 is 19.6 Å². The van der Waals surface area contributed by atoms with Gasteiger partial charge in [-0.05, 0) is 30.7 Å². The van der Waals surface area contributed by atoms with Gasteiger partial charge in [0.25, 0.3) is 0 Å². The number of carbonyl (C=O) groups is 3. The summed E-state index contributed by atoms with van der Waals surface area (Å²) in [6, 6.07) is 8.44. The van der Waals surface area contributed by atoms with E-state index in [9.17, 15) is 19.5 Å². The molecule has 3 saturated heterocycles. The molecule has 3 heterocycles. The highest BCUT2D eigenvalue weighted by Gasteiger charge is 2.74. The van der Waals surface area contributed by atoms with Gasteiger partial charge in [0.1, 0.15) is 6.04 Å². The molecule has 2 bridgehead atoms. The van der Waals surface area contributed by atoms with Gasteiger partial charge in [0, 0.05) is 18.3 Å². The van der Waals surface area contributed by atoms with Crippen LogP contribution in [0.3, 0.4) is 0 Å². The minimum absolute atomic E-state index is 0.0590. The molecule has 0 aromatic heterocycles. The Balaban J connectivity index is 1.73. The number of thioether (sulfide) groups is 1. The summed E-state index contributed by atoms with van der Waals surface area (Å²) in [5.74, 6) is -2.05. The first-order chi connectivity index (χ1) is 17.8. The van der Waals surface area contributed by atoms with Crippen molar-refractivity contribution in [3.05, 3.63) is 61.2 Å². The Kier molecular flexibility index (Phi) is 8.49. The van der Waals surface area contributed by atoms with E-state index in [-0.39, 0.29) is 42.2 Å². The molecule has 3 aliphatic rings. The van der Waals surface area contributed by atoms with Crippen molar-refractivity contribution in [2.45, 2.75) is 61.7 Å². The molecule has 1 N–H and O–H groups in total. The molecule has 3 aliphatic heterocycles. The number of hydrogen-bond acceptors (Lipinski definition) is 6. The van der Waals surface area contributed by atoms with Crippen molar-refractivity contribution in [1.82, 2.24) is 9.80 Å². The van der Waals surface area contributed by atoms with Gasteiger partial charge in [0.2, 0.25) is 11.8 Å². The van der Waals surface area contributed by atoms with Crippen LogP contribution in [-0.2, 0) is 25.7 Å². The van der Waals surface area contributed by atoms with E-state index in [1.807, 2.05) is 44.2 Å². The zero-order valence-corrected chi connectivity index (χ0v) is 22.6. The van der Waals surface area contributed by atoms with Crippen LogP contribution in [0.5, 0.6) is 0 Å². The fourth-order valence-corrected chi connectivity index (χ4v) is 8.51. The molecule has 200 valence electrons. The zero-order valence-electron chi connectivity index (χ0n) is 21.8. The van der Waals surface area contributed by atoms with E-state index in [1.165, 1.54) is 0 Å². The molecule has 0 aliphatic carbocycles. The number of hydrogen-bond donors (Lipinski definition) is 1. The first kappa shape index (κ1) is 27.5. The van der Waals surface area contributed by atoms with Gasteiger partial charge in [0.15, 0.2) is 0 Å². The highest BCUT2D eigenvalue weighted by atomic mass is 32.2. The van der Waals surface area contributed by atoms with Crippen LogP contribution in [-0.4, -0.2) is 74.5 Å². The molecule has 7 nitrogen and oxygen atoms in total. The highest BCUT2D eigenvalue weighted by molar-refractivity contribution is 8.02. The van der Waals surface area contributed by atoms with Gasteiger partial charge in [-0.1, -0.05) is 56.3 Å². The standard InChI is InChI=1S/C29H38N2O5S/c1-5-7-16-36-28(35)23-22-13-14-29(37-22)24(23)26(33)31(21(18-32)19(3)4)25(29)27(34)30(15-6-2)17-20-11-9-8-10-12-20/h5-6,8-12,19,21-25,32H,1-2,7,13-18H2,3-4H3/t21-,22+,23-,24-,25?,29?/m0/s1. The number of nitrogens with zero attached hydrogens (tertiary/aromatic N) is 2. The van der Waals surface area contributed by atoms with Gasteiger partial charge in [-0.3, -0.25) is 14.4 Å². The summed E-state index contributed by atoms with van der Waals surface area (Å²) in [6.07, 6.45) is 5.35. The predicted molar refractivity (Wildman–Crippen MR) is 144 cm³/mol. The highest BCUT2D eigenvalue weighted by Crippen LogP contribution is 2.67. The second-order valence-electron chi connectivity index (χ2n) is 10.5. The van der Waals surface area contributed by atoms with Crippen molar-refractivity contribution < 1.29 is 24.2 Å². The van der Waals surface area contributed by atoms with Crippen LogP contribution in [0.25, 0.3) is 0 Å². The lowest BCUT2D eigenvalue weighted by molar-refractivity contribution is -0.154. The van der Waals surface area contributed by atoms with Gasteiger partial charge in [0.05, 0.1) is 35.8 Å². The van der Waals surface area contributed by atoms with E-state index in [0.717, 1.165) is 12.0 Å². The Morgan fingerprint density at radius 1 is 1.27 bits per heavy atom. The van der Waals surface area contributed by atoms with Crippen LogP contribution in [0.1, 0.15) is 38.7 Å². The molecular weight excluding hydrogens is 488 g/mol. The van der Waals surface area contributed by atoms with Crippen molar-refractivity contribution in [2.24, 2.45) is 17.8 Å². The smallest absolute Gasteiger partial charge is 0.310 e. The molecule has 2 amide bonds. The van der Waals surface area contributed by atoms with E-state index in [1.54, 1.807) is 33.7 Å². The van der Waals surface area contributed by atoms with Crippen molar-refractivity contribution in [3.8, 4) is 0 Å². The first-order valence-electron chi connectivity index (χ1n) is 13.1. The van der Waals surface area contributed by atoms with E-state index in [4.69, 9.17) is 4.74 Å². The summed E-state index contributed by atoms with van der Waals surface area (Å²) in [4.78, 5) is 45.2. The van der Waals surface area contributed by atoms with Crippen molar-refractivity contribution in [1.29, 1.82) is 0 Å². The number of amides is 2. The topological polar surface area (TPSA) is 87.1 Å². The molecule has 3 fully saturated rings. The largest absolute Gasteiger partial charge is 0.465 e. The third-order valence-corrected chi connectivity index (χ3v) is 9.95. The summed E-state index contributed by atoms with van der Waals surface area (Å²) in [7, 11) is 0. The van der Waals surface area contributed by atoms with E-state index < -0.39 is 28.7 Å². The second kappa shape index (κ2) is 11.4. The van der Waals surface area contributed by atoms with Gasteiger partial charge in [-0.25, -0.2) is 0 Å². The molecule has 4 rings (SSSR count). The fourth-order valence-electron chi connectivity index (χ4n) is 6.32. The lowest BCUT2D eigenvalue weighted by Gasteiger charge is -2.40. The minimum Gasteiger partial charge on any atom is -0.465 e. The third-order valence-electron chi connectivity index (χ3n) is 8.00. The number of carbonyl (C=O) groups excluding carboxylic acids is 3. The number of rotatable bonds is 12. The monoisotopic (exact) mass is 526 g/mol. The number of benzene rings is 1. The Morgan fingerprint density at radius 3 is 2.62 bits per heavy atom. The molecule has 1 spiro atoms. The maximum atomic E-state index is 14.4. The van der Waals surface area contributed by atoms with Crippen LogP contribution in [0.15, 0.2) is 55.6 Å². The Labute approximate surface area is 223 Å². The Morgan fingerprint density at radius 2 is 2.00 bits per heavy atom. The number of aliphatic hydroxyl groups is 1. The maximum Gasteiger partial charge on any atom is 0.310 e. The van der Waals surface area contributed by atoms with E-state index >= 15 is 0 Å². The minimum atomic E-state index is -0.769. The summed E-state index contributed by atoms with van der Waals surface area (Å²) < 4.78 is 4.83. The number of aliphatic hydroxyl groups excluding tert-OH is 1. The van der Waals surface area contributed by atoms with E-state index in [2.05, 4.69) is 13.2 Å². The molecule has 37 heavy (non-hydrogen) atoms. The van der Waals surface area contributed by atoms with Gasteiger partial charge in [-0.15, -0.1) is 24.9 Å².